The Balaban J connectivity index is 1.36. The fourth-order valence-corrected chi connectivity index (χ4v) is 6.12. The number of aromatic nitrogens is 5. The largest absolute Gasteiger partial charge is 0.322 e. The molecule has 2 fully saturated rings. The molecule has 2 aromatic carbocycles. The molecule has 3 heterocycles. The maximum atomic E-state index is 13.5. The second-order valence-electron chi connectivity index (χ2n) is 10.6. The smallest absolute Gasteiger partial charge is 0.253 e. The number of nitrogens with zero attached hydrogens (tertiary/aromatic N) is 6. The molecular formula is C29H35N7O. The van der Waals surface area contributed by atoms with Gasteiger partial charge in [0.25, 0.3) is 5.56 Å². The number of hydrogen-bond acceptors (Lipinski definition) is 6. The molecule has 0 unspecified atom stereocenters. The monoisotopic (exact) mass is 497 g/mol. The van der Waals surface area contributed by atoms with E-state index in [1.165, 1.54) is 32.1 Å². The molecule has 4 aromatic rings. The third kappa shape index (κ3) is 5.08. The van der Waals surface area contributed by atoms with Gasteiger partial charge < -0.3 is 4.98 Å². The number of aryl methyl sites for hydroxylation is 1. The van der Waals surface area contributed by atoms with Gasteiger partial charge in [0.2, 0.25) is 0 Å². The van der Waals surface area contributed by atoms with Crippen molar-refractivity contribution in [1.29, 1.82) is 0 Å². The summed E-state index contributed by atoms with van der Waals surface area (Å²) >= 11 is 0. The van der Waals surface area contributed by atoms with Gasteiger partial charge in [-0.2, -0.15) is 0 Å². The van der Waals surface area contributed by atoms with Crippen LogP contribution in [0.4, 0.5) is 0 Å². The summed E-state index contributed by atoms with van der Waals surface area (Å²) in [4.78, 5) is 21.7. The first kappa shape index (κ1) is 24.0. The van der Waals surface area contributed by atoms with Gasteiger partial charge >= 0.3 is 0 Å². The van der Waals surface area contributed by atoms with Crippen molar-refractivity contribution < 1.29 is 0 Å². The lowest BCUT2D eigenvalue weighted by atomic mass is 9.93. The van der Waals surface area contributed by atoms with Crippen LogP contribution < -0.4 is 5.56 Å². The van der Waals surface area contributed by atoms with Crippen LogP contribution in [0.5, 0.6) is 0 Å². The van der Waals surface area contributed by atoms with Gasteiger partial charge in [-0.3, -0.25) is 14.6 Å². The first-order valence-electron chi connectivity index (χ1n) is 13.6. The molecule has 2 aliphatic rings. The van der Waals surface area contributed by atoms with Gasteiger partial charge in [-0.05, 0) is 58.8 Å². The lowest BCUT2D eigenvalue weighted by molar-refractivity contribution is 0.0618. The first-order chi connectivity index (χ1) is 18.2. The topological polar surface area (TPSA) is 82.9 Å². The number of rotatable bonds is 6. The fraction of sp³-hybridized carbons (Fsp3) is 0.448. The number of fused-ring (bicyclic) bond motifs is 1. The van der Waals surface area contributed by atoms with Crippen LogP contribution >= 0.6 is 0 Å². The van der Waals surface area contributed by atoms with Crippen molar-refractivity contribution in [2.45, 2.75) is 57.7 Å². The summed E-state index contributed by atoms with van der Waals surface area (Å²) in [5, 5.41) is 13.9. The Morgan fingerprint density at radius 2 is 1.76 bits per heavy atom. The molecule has 1 saturated heterocycles. The van der Waals surface area contributed by atoms with Gasteiger partial charge in [-0.15, -0.1) is 5.10 Å². The van der Waals surface area contributed by atoms with Gasteiger partial charge in [0.1, 0.15) is 6.04 Å². The van der Waals surface area contributed by atoms with Crippen molar-refractivity contribution in [2.75, 3.05) is 26.2 Å². The number of hydrogen-bond donors (Lipinski definition) is 1. The van der Waals surface area contributed by atoms with Crippen LogP contribution in [0, 0.1) is 6.92 Å². The van der Waals surface area contributed by atoms with Gasteiger partial charge in [-0.25, -0.2) is 4.68 Å². The Hall–Kier alpha value is -3.36. The molecule has 8 heteroatoms. The van der Waals surface area contributed by atoms with Crippen LogP contribution in [0.2, 0.25) is 0 Å². The Kier molecular flexibility index (Phi) is 6.85. The van der Waals surface area contributed by atoms with Gasteiger partial charge in [0, 0.05) is 43.3 Å². The zero-order chi connectivity index (χ0) is 25.2. The van der Waals surface area contributed by atoms with Gasteiger partial charge in [-0.1, -0.05) is 61.7 Å². The summed E-state index contributed by atoms with van der Waals surface area (Å²) in [6, 6.07) is 18.8. The van der Waals surface area contributed by atoms with E-state index >= 15 is 0 Å². The summed E-state index contributed by atoms with van der Waals surface area (Å²) in [5.41, 5.74) is 3.73. The molecule has 1 aliphatic carbocycles. The molecule has 2 aromatic heterocycles. The molecule has 0 bridgehead atoms. The number of aromatic amines is 1. The number of tetrazole rings is 1. The van der Waals surface area contributed by atoms with Crippen LogP contribution in [-0.2, 0) is 6.54 Å². The second kappa shape index (κ2) is 10.6. The van der Waals surface area contributed by atoms with E-state index in [0.29, 0.717) is 24.0 Å². The highest BCUT2D eigenvalue weighted by Crippen LogP contribution is 2.30. The van der Waals surface area contributed by atoms with Gasteiger partial charge in [0.15, 0.2) is 5.82 Å². The van der Waals surface area contributed by atoms with Crippen LogP contribution in [0.25, 0.3) is 10.9 Å². The van der Waals surface area contributed by atoms with E-state index < -0.39 is 0 Å². The number of benzene rings is 2. The molecular weight excluding hydrogens is 462 g/mol. The molecule has 0 spiro atoms. The lowest BCUT2D eigenvalue weighted by Crippen LogP contribution is -2.52. The maximum absolute atomic E-state index is 13.5. The summed E-state index contributed by atoms with van der Waals surface area (Å²) in [7, 11) is 0. The second-order valence-corrected chi connectivity index (χ2v) is 10.6. The van der Waals surface area contributed by atoms with Crippen molar-refractivity contribution in [3.63, 3.8) is 0 Å². The fourth-order valence-electron chi connectivity index (χ4n) is 6.12. The van der Waals surface area contributed by atoms with E-state index in [1.807, 2.05) is 41.9 Å². The Morgan fingerprint density at radius 3 is 2.54 bits per heavy atom. The molecule has 1 saturated carbocycles. The molecule has 1 N–H and O–H groups in total. The van der Waals surface area contributed by atoms with E-state index in [9.17, 15) is 4.79 Å². The van der Waals surface area contributed by atoms with E-state index in [1.54, 1.807) is 0 Å². The third-order valence-electron chi connectivity index (χ3n) is 8.11. The van der Waals surface area contributed by atoms with Crippen LogP contribution in [0.1, 0.15) is 60.7 Å². The molecule has 0 amide bonds. The quantitative estimate of drug-likeness (QED) is 0.435. The average molecular weight is 498 g/mol. The minimum atomic E-state index is -0.318. The molecule has 8 nitrogen and oxygen atoms in total. The molecule has 37 heavy (non-hydrogen) atoms. The molecule has 6 rings (SSSR count). The zero-order valence-electron chi connectivity index (χ0n) is 21.5. The summed E-state index contributed by atoms with van der Waals surface area (Å²) in [6.45, 7) is 6.37. The van der Waals surface area contributed by atoms with Crippen molar-refractivity contribution in [3.8, 4) is 0 Å². The Bertz CT molecular complexity index is 1400. The van der Waals surface area contributed by atoms with Gasteiger partial charge in [0.05, 0.1) is 6.54 Å². The minimum Gasteiger partial charge on any atom is -0.322 e. The molecule has 1 atom stereocenters. The summed E-state index contributed by atoms with van der Waals surface area (Å²) in [6.07, 6.45) is 6.67. The van der Waals surface area contributed by atoms with E-state index in [0.717, 1.165) is 48.2 Å². The summed E-state index contributed by atoms with van der Waals surface area (Å²) < 4.78 is 1.85. The third-order valence-corrected chi connectivity index (χ3v) is 8.11. The number of piperazine rings is 1. The molecule has 0 radical (unpaired) electrons. The molecule has 1 aliphatic heterocycles. The van der Waals surface area contributed by atoms with Crippen LogP contribution in [0.3, 0.4) is 0 Å². The van der Waals surface area contributed by atoms with Crippen molar-refractivity contribution in [2.24, 2.45) is 0 Å². The SMILES string of the molecule is Cc1ccc2cc([C@@H](c3nnnn3Cc3ccccc3)N3CCN(C4CCCCC4)CC3)c(=O)[nH]c2c1. The zero-order valence-corrected chi connectivity index (χ0v) is 21.5. The van der Waals surface area contributed by atoms with E-state index in [4.69, 9.17) is 0 Å². The highest BCUT2D eigenvalue weighted by atomic mass is 16.1. The number of H-pyrrole nitrogens is 1. The minimum absolute atomic E-state index is 0.0768. The van der Waals surface area contributed by atoms with Crippen molar-refractivity contribution >= 4 is 10.9 Å². The van der Waals surface area contributed by atoms with Crippen molar-refractivity contribution in [3.05, 3.63) is 87.5 Å². The predicted octanol–water partition coefficient (Wildman–Crippen LogP) is 3.91. The van der Waals surface area contributed by atoms with Crippen LogP contribution in [0.15, 0.2) is 59.4 Å². The number of pyridine rings is 1. The molecule has 192 valence electrons. The standard InChI is InChI=1S/C29H35N7O/c1-21-12-13-23-19-25(29(37)30-26(23)18-21)27(28-31-32-33-36(28)20-22-8-4-2-5-9-22)35-16-14-34(15-17-35)24-10-6-3-7-11-24/h2,4-5,8-9,12-13,18-19,24,27H,3,6-7,10-11,14-17,20H2,1H3,(H,30,37)/t27-/m0/s1. The maximum Gasteiger partial charge on any atom is 0.253 e. The lowest BCUT2D eigenvalue weighted by Gasteiger charge is -2.43. The first-order valence-corrected chi connectivity index (χ1v) is 13.6. The highest BCUT2D eigenvalue weighted by Gasteiger charge is 2.34. The van der Waals surface area contributed by atoms with Crippen molar-refractivity contribution in [1.82, 2.24) is 35.0 Å². The predicted molar refractivity (Wildman–Crippen MR) is 145 cm³/mol. The van der Waals surface area contributed by atoms with E-state index in [2.05, 4.69) is 54.6 Å². The normalized spacial score (nSPS) is 18.8. The Labute approximate surface area is 217 Å². The average Bonchev–Trinajstić information content (AvgIpc) is 3.38. The highest BCUT2D eigenvalue weighted by molar-refractivity contribution is 5.79. The summed E-state index contributed by atoms with van der Waals surface area (Å²) in [5.74, 6) is 0.715. The number of nitrogens with one attached hydrogen (secondary N) is 1. The van der Waals surface area contributed by atoms with Crippen LogP contribution in [-0.4, -0.2) is 67.2 Å². The Morgan fingerprint density at radius 1 is 0.973 bits per heavy atom. The van der Waals surface area contributed by atoms with E-state index in [-0.39, 0.29) is 11.6 Å².